The molecule has 0 spiro atoms. The molecule has 2 rings (SSSR count). The molecule has 0 aromatic carbocycles. The summed E-state index contributed by atoms with van der Waals surface area (Å²) < 4.78 is 5.28. The van der Waals surface area contributed by atoms with Crippen molar-refractivity contribution in [2.45, 2.75) is 44.6 Å². The summed E-state index contributed by atoms with van der Waals surface area (Å²) in [7, 11) is 0. The van der Waals surface area contributed by atoms with Crippen molar-refractivity contribution in [2.75, 3.05) is 6.61 Å². The predicted octanol–water partition coefficient (Wildman–Crippen LogP) is 3.34. The Morgan fingerprint density at radius 3 is 3.00 bits per heavy atom. The Kier molecular flexibility index (Phi) is 4.38. The molecule has 0 bridgehead atoms. The highest BCUT2D eigenvalue weighted by Gasteiger charge is 2.18. The summed E-state index contributed by atoms with van der Waals surface area (Å²) in [5.41, 5.74) is 1.03. The highest BCUT2D eigenvalue weighted by Crippen LogP contribution is 2.34. The Labute approximate surface area is 101 Å². The first-order valence-electron chi connectivity index (χ1n) is 5.85. The summed E-state index contributed by atoms with van der Waals surface area (Å²) in [6, 6.07) is 0. The second-order valence-electron chi connectivity index (χ2n) is 4.21. The van der Waals surface area contributed by atoms with Crippen LogP contribution in [0.3, 0.4) is 0 Å². The van der Waals surface area contributed by atoms with Gasteiger partial charge in [-0.05, 0) is 12.8 Å². The van der Waals surface area contributed by atoms with E-state index in [1.165, 1.54) is 37.1 Å². The molecule has 0 unspecified atom stereocenters. The van der Waals surface area contributed by atoms with Gasteiger partial charge in [0.15, 0.2) is 0 Å². The fraction of sp³-hybridized carbons (Fsp3) is 0.615. The highest BCUT2D eigenvalue weighted by molar-refractivity contribution is 7.09. The first-order chi connectivity index (χ1) is 7.90. The van der Waals surface area contributed by atoms with Gasteiger partial charge in [-0.1, -0.05) is 25.2 Å². The number of terminal acetylenes is 1. The highest BCUT2D eigenvalue weighted by atomic mass is 32.1. The Balaban J connectivity index is 1.88. The SMILES string of the molecule is C#CCOCc1csc(C2CCCCC2)n1. The van der Waals surface area contributed by atoms with Crippen LogP contribution >= 0.6 is 11.3 Å². The van der Waals surface area contributed by atoms with Crippen molar-refractivity contribution in [1.82, 2.24) is 4.98 Å². The number of hydrogen-bond donors (Lipinski definition) is 0. The van der Waals surface area contributed by atoms with Crippen LogP contribution in [0.1, 0.15) is 48.7 Å². The summed E-state index contributed by atoms with van der Waals surface area (Å²) in [6.45, 7) is 0.920. The second-order valence-corrected chi connectivity index (χ2v) is 5.10. The molecule has 0 saturated heterocycles. The van der Waals surface area contributed by atoms with Crippen LogP contribution in [-0.2, 0) is 11.3 Å². The molecule has 1 aliphatic rings. The van der Waals surface area contributed by atoms with E-state index in [-0.39, 0.29) is 0 Å². The van der Waals surface area contributed by atoms with Gasteiger partial charge in [-0.25, -0.2) is 4.98 Å². The largest absolute Gasteiger partial charge is 0.362 e. The lowest BCUT2D eigenvalue weighted by Crippen LogP contribution is -2.04. The number of nitrogens with zero attached hydrogens (tertiary/aromatic N) is 1. The fourth-order valence-corrected chi connectivity index (χ4v) is 3.12. The van der Waals surface area contributed by atoms with Crippen molar-refractivity contribution >= 4 is 11.3 Å². The van der Waals surface area contributed by atoms with Gasteiger partial charge in [0.1, 0.15) is 6.61 Å². The van der Waals surface area contributed by atoms with Crippen molar-refractivity contribution in [1.29, 1.82) is 0 Å². The Morgan fingerprint density at radius 1 is 1.44 bits per heavy atom. The predicted molar refractivity (Wildman–Crippen MR) is 66.4 cm³/mol. The number of rotatable bonds is 4. The molecule has 2 nitrogen and oxygen atoms in total. The maximum atomic E-state index is 5.28. The van der Waals surface area contributed by atoms with E-state index < -0.39 is 0 Å². The van der Waals surface area contributed by atoms with Crippen LogP contribution in [0.2, 0.25) is 0 Å². The van der Waals surface area contributed by atoms with Crippen molar-refractivity contribution < 1.29 is 4.74 Å². The van der Waals surface area contributed by atoms with Crippen LogP contribution in [0.4, 0.5) is 0 Å². The van der Waals surface area contributed by atoms with Crippen LogP contribution in [0.15, 0.2) is 5.38 Å². The molecular weight excluding hydrogens is 218 g/mol. The van der Waals surface area contributed by atoms with Gasteiger partial charge in [0.25, 0.3) is 0 Å². The van der Waals surface area contributed by atoms with Crippen molar-refractivity contribution in [2.24, 2.45) is 0 Å². The molecule has 1 fully saturated rings. The summed E-state index contributed by atoms with van der Waals surface area (Å²) in [6.07, 6.45) is 11.8. The van der Waals surface area contributed by atoms with Gasteiger partial charge in [-0.3, -0.25) is 0 Å². The molecule has 86 valence electrons. The Bertz CT molecular complexity index is 360. The van der Waals surface area contributed by atoms with Crippen molar-refractivity contribution in [3.63, 3.8) is 0 Å². The minimum atomic E-state index is 0.371. The fourth-order valence-electron chi connectivity index (χ4n) is 2.14. The van der Waals surface area contributed by atoms with E-state index in [4.69, 9.17) is 11.2 Å². The molecule has 1 aromatic heterocycles. The molecule has 1 aromatic rings. The van der Waals surface area contributed by atoms with Crippen LogP contribution < -0.4 is 0 Å². The van der Waals surface area contributed by atoms with Gasteiger partial charge in [0.2, 0.25) is 0 Å². The van der Waals surface area contributed by atoms with Crippen LogP contribution in [0.25, 0.3) is 0 Å². The smallest absolute Gasteiger partial charge is 0.107 e. The third kappa shape index (κ3) is 3.07. The van der Waals surface area contributed by atoms with Gasteiger partial charge >= 0.3 is 0 Å². The maximum Gasteiger partial charge on any atom is 0.107 e. The van der Waals surface area contributed by atoms with E-state index in [0.717, 1.165) is 5.69 Å². The normalized spacial score (nSPS) is 17.2. The summed E-state index contributed by atoms with van der Waals surface area (Å²) in [5.74, 6) is 3.16. The monoisotopic (exact) mass is 235 g/mol. The van der Waals surface area contributed by atoms with Gasteiger partial charge in [0, 0.05) is 11.3 Å². The van der Waals surface area contributed by atoms with Crippen LogP contribution in [0, 0.1) is 12.3 Å². The van der Waals surface area contributed by atoms with Gasteiger partial charge < -0.3 is 4.74 Å². The summed E-state index contributed by atoms with van der Waals surface area (Å²) in [4.78, 5) is 4.63. The number of thiazole rings is 1. The average Bonchev–Trinajstić information content (AvgIpc) is 2.79. The first-order valence-corrected chi connectivity index (χ1v) is 6.73. The third-order valence-electron chi connectivity index (χ3n) is 2.96. The Hall–Kier alpha value is -0.850. The number of aromatic nitrogens is 1. The van der Waals surface area contributed by atoms with Crippen molar-refractivity contribution in [3.05, 3.63) is 16.1 Å². The van der Waals surface area contributed by atoms with E-state index in [0.29, 0.717) is 19.1 Å². The molecule has 16 heavy (non-hydrogen) atoms. The quantitative estimate of drug-likeness (QED) is 0.590. The molecule has 1 aliphatic carbocycles. The number of hydrogen-bond acceptors (Lipinski definition) is 3. The second kappa shape index (κ2) is 6.03. The zero-order chi connectivity index (χ0) is 11.2. The van der Waals surface area contributed by atoms with Crippen molar-refractivity contribution in [3.8, 4) is 12.3 Å². The lowest BCUT2D eigenvalue weighted by atomic mass is 9.90. The van der Waals surface area contributed by atoms with E-state index in [1.54, 1.807) is 11.3 Å². The van der Waals surface area contributed by atoms with E-state index in [9.17, 15) is 0 Å². The Morgan fingerprint density at radius 2 is 2.25 bits per heavy atom. The van der Waals surface area contributed by atoms with Crippen LogP contribution in [0.5, 0.6) is 0 Å². The number of ether oxygens (including phenoxy) is 1. The lowest BCUT2D eigenvalue weighted by molar-refractivity contribution is 0.151. The standard InChI is InChI=1S/C13H17NOS/c1-2-8-15-9-12-10-16-13(14-12)11-6-4-3-5-7-11/h1,10-11H,3-9H2. The maximum absolute atomic E-state index is 5.28. The molecule has 0 N–H and O–H groups in total. The molecule has 1 saturated carbocycles. The minimum Gasteiger partial charge on any atom is -0.362 e. The van der Waals surface area contributed by atoms with Crippen LogP contribution in [-0.4, -0.2) is 11.6 Å². The summed E-state index contributed by atoms with van der Waals surface area (Å²) in [5, 5.41) is 3.39. The lowest BCUT2D eigenvalue weighted by Gasteiger charge is -2.18. The molecule has 3 heteroatoms. The molecule has 0 atom stereocenters. The van der Waals surface area contributed by atoms with E-state index >= 15 is 0 Å². The zero-order valence-electron chi connectivity index (χ0n) is 9.45. The van der Waals surface area contributed by atoms with Gasteiger partial charge in [-0.2, -0.15) is 0 Å². The first kappa shape index (κ1) is 11.6. The van der Waals surface area contributed by atoms with E-state index in [2.05, 4.69) is 16.3 Å². The third-order valence-corrected chi connectivity index (χ3v) is 4.02. The van der Waals surface area contributed by atoms with E-state index in [1.807, 2.05) is 0 Å². The molecule has 1 heterocycles. The zero-order valence-corrected chi connectivity index (χ0v) is 10.3. The summed E-state index contributed by atoms with van der Waals surface area (Å²) >= 11 is 1.77. The minimum absolute atomic E-state index is 0.371. The molecular formula is C13H17NOS. The average molecular weight is 235 g/mol. The van der Waals surface area contributed by atoms with Gasteiger partial charge in [0.05, 0.1) is 17.3 Å². The van der Waals surface area contributed by atoms with Gasteiger partial charge in [-0.15, -0.1) is 17.8 Å². The topological polar surface area (TPSA) is 22.1 Å². The molecule has 0 amide bonds. The molecule has 0 aliphatic heterocycles. The molecule has 0 radical (unpaired) electrons.